The number of likely N-dealkylation sites (tertiary alicyclic amines) is 1. The van der Waals surface area contributed by atoms with Crippen LogP contribution in [0.4, 0.5) is 4.79 Å². The van der Waals surface area contributed by atoms with Crippen LogP contribution >= 0.6 is 0 Å². The van der Waals surface area contributed by atoms with Gasteiger partial charge in [0.25, 0.3) is 0 Å². The van der Waals surface area contributed by atoms with Gasteiger partial charge in [-0.1, -0.05) is 20.3 Å². The predicted octanol–water partition coefficient (Wildman–Crippen LogP) is 2.42. The van der Waals surface area contributed by atoms with Gasteiger partial charge in [-0.3, -0.25) is 4.79 Å². The Morgan fingerprint density at radius 1 is 1.30 bits per heavy atom. The summed E-state index contributed by atoms with van der Waals surface area (Å²) in [5.74, 6) is -0.404. The van der Waals surface area contributed by atoms with Gasteiger partial charge >= 0.3 is 12.0 Å². The minimum absolute atomic E-state index is 0.0857. The van der Waals surface area contributed by atoms with E-state index >= 15 is 0 Å². The molecule has 1 heterocycles. The second kappa shape index (κ2) is 6.02. The second-order valence-electron chi connectivity index (χ2n) is 6.65. The highest BCUT2D eigenvalue weighted by Crippen LogP contribution is 2.35. The van der Waals surface area contributed by atoms with Crippen molar-refractivity contribution >= 4 is 12.0 Å². The van der Waals surface area contributed by atoms with Crippen LogP contribution in [0.15, 0.2) is 0 Å². The molecule has 1 saturated carbocycles. The molecule has 1 aliphatic carbocycles. The lowest BCUT2D eigenvalue weighted by Gasteiger charge is -2.40. The molecule has 2 aliphatic rings. The first-order valence-corrected chi connectivity index (χ1v) is 7.69. The van der Waals surface area contributed by atoms with Crippen molar-refractivity contribution in [3.05, 3.63) is 0 Å². The van der Waals surface area contributed by atoms with Crippen LogP contribution in [0, 0.1) is 11.3 Å². The number of carbonyl (C=O) groups is 2. The Bertz CT molecular complexity index is 371. The summed E-state index contributed by atoms with van der Waals surface area (Å²) in [6, 6.07) is -0.0857. The molecule has 20 heavy (non-hydrogen) atoms. The molecule has 2 amide bonds. The molecule has 0 aromatic carbocycles. The van der Waals surface area contributed by atoms with E-state index in [1.807, 2.05) is 4.90 Å². The number of amides is 2. The molecule has 1 N–H and O–H groups in total. The average molecular weight is 282 g/mol. The van der Waals surface area contributed by atoms with Crippen LogP contribution in [-0.2, 0) is 4.79 Å². The molecule has 5 nitrogen and oxygen atoms in total. The van der Waals surface area contributed by atoms with E-state index in [1.54, 1.807) is 0 Å². The van der Waals surface area contributed by atoms with E-state index in [0.29, 0.717) is 17.9 Å². The Labute approximate surface area is 120 Å². The SMILES string of the molecule is CCC1(C)CCN(C(=O)N(CC(=O)O)CC2CC2)CC1. The van der Waals surface area contributed by atoms with Crippen LogP contribution in [0.2, 0.25) is 0 Å². The van der Waals surface area contributed by atoms with Crippen molar-refractivity contribution in [1.29, 1.82) is 0 Å². The maximum atomic E-state index is 12.5. The summed E-state index contributed by atoms with van der Waals surface area (Å²) >= 11 is 0. The molecule has 2 fully saturated rings. The number of hydrogen-bond acceptors (Lipinski definition) is 2. The Morgan fingerprint density at radius 3 is 2.35 bits per heavy atom. The van der Waals surface area contributed by atoms with Gasteiger partial charge in [0.1, 0.15) is 6.54 Å². The topological polar surface area (TPSA) is 60.9 Å². The second-order valence-corrected chi connectivity index (χ2v) is 6.65. The van der Waals surface area contributed by atoms with Crippen molar-refractivity contribution < 1.29 is 14.7 Å². The Hall–Kier alpha value is -1.26. The lowest BCUT2D eigenvalue weighted by atomic mass is 9.78. The van der Waals surface area contributed by atoms with Crippen LogP contribution in [0.5, 0.6) is 0 Å². The van der Waals surface area contributed by atoms with E-state index in [1.165, 1.54) is 4.90 Å². The highest BCUT2D eigenvalue weighted by Gasteiger charge is 2.34. The average Bonchev–Trinajstić information content (AvgIpc) is 3.21. The lowest BCUT2D eigenvalue weighted by molar-refractivity contribution is -0.137. The molecule has 0 aromatic rings. The zero-order chi connectivity index (χ0) is 14.8. The third-order valence-electron chi connectivity index (χ3n) is 4.87. The van der Waals surface area contributed by atoms with Gasteiger partial charge in [-0.15, -0.1) is 0 Å². The summed E-state index contributed by atoms with van der Waals surface area (Å²) in [6.07, 6.45) is 5.41. The summed E-state index contributed by atoms with van der Waals surface area (Å²) < 4.78 is 0. The lowest BCUT2D eigenvalue weighted by Crippen LogP contribution is -2.50. The molecular weight excluding hydrogens is 256 g/mol. The molecule has 0 bridgehead atoms. The molecule has 0 atom stereocenters. The Kier molecular flexibility index (Phi) is 4.55. The van der Waals surface area contributed by atoms with Crippen molar-refractivity contribution in [2.24, 2.45) is 11.3 Å². The molecule has 114 valence electrons. The number of urea groups is 1. The quantitative estimate of drug-likeness (QED) is 0.842. The molecule has 0 radical (unpaired) electrons. The molecule has 5 heteroatoms. The van der Waals surface area contributed by atoms with Gasteiger partial charge in [0, 0.05) is 19.6 Å². The van der Waals surface area contributed by atoms with Crippen molar-refractivity contribution in [1.82, 2.24) is 9.80 Å². The number of carbonyl (C=O) groups excluding carboxylic acids is 1. The Morgan fingerprint density at radius 2 is 1.90 bits per heavy atom. The molecule has 1 saturated heterocycles. The highest BCUT2D eigenvalue weighted by molar-refractivity contribution is 5.80. The Balaban J connectivity index is 1.91. The van der Waals surface area contributed by atoms with Crippen molar-refractivity contribution in [3.8, 4) is 0 Å². The normalized spacial score (nSPS) is 21.6. The molecular formula is C15H26N2O3. The number of aliphatic carboxylic acids is 1. The number of rotatable bonds is 5. The van der Waals surface area contributed by atoms with Crippen molar-refractivity contribution in [2.75, 3.05) is 26.2 Å². The van der Waals surface area contributed by atoms with Gasteiger partial charge in [-0.25, -0.2) is 4.79 Å². The monoisotopic (exact) mass is 282 g/mol. The number of piperidine rings is 1. The first-order chi connectivity index (χ1) is 9.43. The third kappa shape index (κ3) is 3.87. The fourth-order valence-corrected chi connectivity index (χ4v) is 2.78. The first-order valence-electron chi connectivity index (χ1n) is 7.69. The predicted molar refractivity (Wildman–Crippen MR) is 76.5 cm³/mol. The zero-order valence-corrected chi connectivity index (χ0v) is 12.6. The fraction of sp³-hybridized carbons (Fsp3) is 0.867. The van der Waals surface area contributed by atoms with Crippen LogP contribution in [-0.4, -0.2) is 53.1 Å². The largest absolute Gasteiger partial charge is 0.480 e. The summed E-state index contributed by atoms with van der Waals surface area (Å²) in [5.41, 5.74) is 0.338. The number of nitrogens with zero attached hydrogens (tertiary/aromatic N) is 2. The maximum Gasteiger partial charge on any atom is 0.323 e. The van der Waals surface area contributed by atoms with Crippen molar-refractivity contribution in [3.63, 3.8) is 0 Å². The zero-order valence-electron chi connectivity index (χ0n) is 12.6. The van der Waals surface area contributed by atoms with E-state index in [2.05, 4.69) is 13.8 Å². The van der Waals surface area contributed by atoms with Gasteiger partial charge in [-0.2, -0.15) is 0 Å². The number of hydrogen-bond donors (Lipinski definition) is 1. The van der Waals surface area contributed by atoms with Gasteiger partial charge in [-0.05, 0) is 37.0 Å². The summed E-state index contributed by atoms with van der Waals surface area (Å²) in [6.45, 7) is 6.41. The molecule has 0 aromatic heterocycles. The van der Waals surface area contributed by atoms with Gasteiger partial charge in [0.2, 0.25) is 0 Å². The summed E-state index contributed by atoms with van der Waals surface area (Å²) in [7, 11) is 0. The molecule has 1 aliphatic heterocycles. The molecule has 2 rings (SSSR count). The number of carboxylic acids is 1. The van der Waals surface area contributed by atoms with Crippen LogP contribution < -0.4 is 0 Å². The first kappa shape index (κ1) is 15.1. The summed E-state index contributed by atoms with van der Waals surface area (Å²) in [4.78, 5) is 26.8. The molecule has 0 unspecified atom stereocenters. The molecule has 0 spiro atoms. The standard InChI is InChI=1S/C15H26N2O3/c1-3-15(2)6-8-16(9-7-15)14(20)17(11-13(18)19)10-12-4-5-12/h12H,3-11H2,1-2H3,(H,18,19). The van der Waals surface area contributed by atoms with E-state index < -0.39 is 5.97 Å². The van der Waals surface area contributed by atoms with E-state index in [4.69, 9.17) is 5.11 Å². The smallest absolute Gasteiger partial charge is 0.323 e. The minimum atomic E-state index is -0.922. The summed E-state index contributed by atoms with van der Waals surface area (Å²) in [5, 5.41) is 8.97. The van der Waals surface area contributed by atoms with E-state index in [0.717, 1.165) is 45.2 Å². The van der Waals surface area contributed by atoms with Gasteiger partial charge in [0.05, 0.1) is 0 Å². The van der Waals surface area contributed by atoms with Crippen LogP contribution in [0.25, 0.3) is 0 Å². The van der Waals surface area contributed by atoms with E-state index in [9.17, 15) is 9.59 Å². The van der Waals surface area contributed by atoms with Crippen molar-refractivity contribution in [2.45, 2.75) is 46.0 Å². The van der Waals surface area contributed by atoms with E-state index in [-0.39, 0.29) is 12.6 Å². The number of carboxylic acid groups (broad SMARTS) is 1. The van der Waals surface area contributed by atoms with Gasteiger partial charge < -0.3 is 14.9 Å². The minimum Gasteiger partial charge on any atom is -0.480 e. The van der Waals surface area contributed by atoms with Gasteiger partial charge in [0.15, 0.2) is 0 Å². The highest BCUT2D eigenvalue weighted by atomic mass is 16.4. The fourth-order valence-electron chi connectivity index (χ4n) is 2.78. The van der Waals surface area contributed by atoms with Crippen LogP contribution in [0.1, 0.15) is 46.0 Å². The maximum absolute atomic E-state index is 12.5. The van der Waals surface area contributed by atoms with Crippen LogP contribution in [0.3, 0.4) is 0 Å². The third-order valence-corrected chi connectivity index (χ3v) is 4.87.